The van der Waals surface area contributed by atoms with Crippen molar-refractivity contribution in [3.8, 4) is 0 Å². The lowest BCUT2D eigenvalue weighted by Gasteiger charge is -2.02. The van der Waals surface area contributed by atoms with Crippen molar-refractivity contribution in [2.45, 2.75) is 13.3 Å². The first-order chi connectivity index (χ1) is 5.81. The van der Waals surface area contributed by atoms with E-state index in [1.807, 2.05) is 18.2 Å². The van der Waals surface area contributed by atoms with Crippen LogP contribution >= 0.6 is 0 Å². The van der Waals surface area contributed by atoms with E-state index in [4.69, 9.17) is 4.74 Å². The van der Waals surface area contributed by atoms with E-state index < -0.39 is 0 Å². The summed E-state index contributed by atoms with van der Waals surface area (Å²) in [6.07, 6.45) is 11.0. The van der Waals surface area contributed by atoms with Gasteiger partial charge in [-0.3, -0.25) is 0 Å². The zero-order valence-corrected chi connectivity index (χ0v) is 7.99. The predicted molar refractivity (Wildman–Crippen MR) is 54.1 cm³/mol. The van der Waals surface area contributed by atoms with Crippen molar-refractivity contribution in [1.82, 2.24) is 0 Å². The summed E-state index contributed by atoms with van der Waals surface area (Å²) in [5.41, 5.74) is 0. The lowest BCUT2D eigenvalue weighted by atomic mass is 10.1. The molecule has 12 heavy (non-hydrogen) atoms. The van der Waals surface area contributed by atoms with Gasteiger partial charge >= 0.3 is 0 Å². The molecule has 1 heteroatoms. The molecule has 1 nitrogen and oxygen atoms in total. The van der Waals surface area contributed by atoms with Crippen molar-refractivity contribution in [3.05, 3.63) is 37.0 Å². The fourth-order valence-electron chi connectivity index (χ4n) is 0.797. The predicted octanol–water partition coefficient (Wildman–Crippen LogP) is 2.96. The minimum Gasteiger partial charge on any atom is -0.385 e. The van der Waals surface area contributed by atoms with Gasteiger partial charge in [0.05, 0.1) is 0 Å². The Kier molecular flexibility index (Phi) is 7.71. The topological polar surface area (TPSA) is 9.23 Å². The van der Waals surface area contributed by atoms with Crippen LogP contribution in [0.3, 0.4) is 0 Å². The number of ether oxygens (including phenoxy) is 1. The van der Waals surface area contributed by atoms with E-state index in [1.54, 1.807) is 13.2 Å². The molecular formula is C11H18O. The Labute approximate surface area is 75.4 Å². The summed E-state index contributed by atoms with van der Waals surface area (Å²) >= 11 is 0. The summed E-state index contributed by atoms with van der Waals surface area (Å²) in [5, 5.41) is 0. The van der Waals surface area contributed by atoms with Crippen LogP contribution in [0, 0.1) is 5.92 Å². The average Bonchev–Trinajstić information content (AvgIpc) is 2.09. The first-order valence-corrected chi connectivity index (χ1v) is 4.26. The Balaban J connectivity index is 3.52. The lowest BCUT2D eigenvalue weighted by Crippen LogP contribution is -1.95. The van der Waals surface area contributed by atoms with Gasteiger partial charge < -0.3 is 4.74 Å². The highest BCUT2D eigenvalue weighted by atomic mass is 16.5. The molecule has 0 saturated heterocycles. The van der Waals surface area contributed by atoms with Crippen LogP contribution in [0.1, 0.15) is 13.3 Å². The summed E-state index contributed by atoms with van der Waals surface area (Å²) < 4.78 is 4.97. The standard InChI is InChI=1S/C11H18O/c1-4-5-6-7-8-11(2)9-10-12-3/h4-8,11H,1,9-10H2,2-3H3/b6-5-,8-7-. The second-order valence-electron chi connectivity index (χ2n) is 2.76. The van der Waals surface area contributed by atoms with Crippen LogP contribution in [0.4, 0.5) is 0 Å². The van der Waals surface area contributed by atoms with Gasteiger partial charge in [-0.05, 0) is 12.3 Å². The average molecular weight is 166 g/mol. The molecule has 0 aromatic heterocycles. The Morgan fingerprint density at radius 1 is 1.33 bits per heavy atom. The van der Waals surface area contributed by atoms with Crippen LogP contribution in [-0.2, 0) is 4.74 Å². The molecule has 0 spiro atoms. The molecule has 0 bridgehead atoms. The van der Waals surface area contributed by atoms with Crippen LogP contribution in [0.5, 0.6) is 0 Å². The van der Waals surface area contributed by atoms with Gasteiger partial charge in [-0.1, -0.05) is 43.9 Å². The van der Waals surface area contributed by atoms with Gasteiger partial charge in [0.25, 0.3) is 0 Å². The Morgan fingerprint density at radius 3 is 2.67 bits per heavy atom. The van der Waals surface area contributed by atoms with E-state index in [-0.39, 0.29) is 0 Å². The Morgan fingerprint density at radius 2 is 2.08 bits per heavy atom. The molecule has 0 heterocycles. The summed E-state index contributed by atoms with van der Waals surface area (Å²) in [6.45, 7) is 6.59. The fourth-order valence-corrected chi connectivity index (χ4v) is 0.797. The zero-order chi connectivity index (χ0) is 9.23. The summed E-state index contributed by atoms with van der Waals surface area (Å²) in [6, 6.07) is 0. The van der Waals surface area contributed by atoms with Gasteiger partial charge in [0.15, 0.2) is 0 Å². The molecule has 0 aromatic rings. The molecule has 0 fully saturated rings. The molecule has 0 amide bonds. The number of methoxy groups -OCH3 is 1. The number of allylic oxidation sites excluding steroid dienone is 5. The van der Waals surface area contributed by atoms with E-state index in [0.717, 1.165) is 13.0 Å². The molecular weight excluding hydrogens is 148 g/mol. The minimum absolute atomic E-state index is 0.583. The van der Waals surface area contributed by atoms with Crippen molar-refractivity contribution in [3.63, 3.8) is 0 Å². The molecule has 0 aliphatic rings. The molecule has 1 atom stereocenters. The van der Waals surface area contributed by atoms with Gasteiger partial charge in [-0.25, -0.2) is 0 Å². The van der Waals surface area contributed by atoms with Crippen molar-refractivity contribution < 1.29 is 4.74 Å². The summed E-state index contributed by atoms with van der Waals surface area (Å²) in [7, 11) is 1.73. The van der Waals surface area contributed by atoms with Crippen LogP contribution in [0.2, 0.25) is 0 Å². The highest BCUT2D eigenvalue weighted by Crippen LogP contribution is 2.03. The van der Waals surface area contributed by atoms with Crippen molar-refractivity contribution in [2.24, 2.45) is 5.92 Å². The van der Waals surface area contributed by atoms with Crippen LogP contribution in [0.25, 0.3) is 0 Å². The molecule has 0 saturated carbocycles. The van der Waals surface area contributed by atoms with Crippen molar-refractivity contribution in [2.75, 3.05) is 13.7 Å². The van der Waals surface area contributed by atoms with E-state index in [9.17, 15) is 0 Å². The Bertz CT molecular complexity index is 156. The summed E-state index contributed by atoms with van der Waals surface area (Å²) in [5.74, 6) is 0.583. The van der Waals surface area contributed by atoms with Crippen LogP contribution in [0.15, 0.2) is 37.0 Å². The van der Waals surface area contributed by atoms with Crippen molar-refractivity contribution >= 4 is 0 Å². The molecule has 1 unspecified atom stereocenters. The fraction of sp³-hybridized carbons (Fsp3) is 0.455. The third kappa shape index (κ3) is 7.29. The van der Waals surface area contributed by atoms with E-state index in [0.29, 0.717) is 5.92 Å². The molecule has 68 valence electrons. The zero-order valence-electron chi connectivity index (χ0n) is 7.99. The first kappa shape index (κ1) is 11.2. The van der Waals surface area contributed by atoms with Gasteiger partial charge in [0, 0.05) is 13.7 Å². The molecule has 0 aliphatic carbocycles. The highest BCUT2D eigenvalue weighted by molar-refractivity contribution is 5.09. The Hall–Kier alpha value is -0.820. The molecule has 0 N–H and O–H groups in total. The van der Waals surface area contributed by atoms with Gasteiger partial charge in [-0.15, -0.1) is 0 Å². The SMILES string of the molecule is C=C/C=C\C=C/C(C)CCOC. The van der Waals surface area contributed by atoms with Gasteiger partial charge in [0.1, 0.15) is 0 Å². The summed E-state index contributed by atoms with van der Waals surface area (Å²) in [4.78, 5) is 0. The highest BCUT2D eigenvalue weighted by Gasteiger charge is 1.93. The third-order valence-electron chi connectivity index (χ3n) is 1.58. The van der Waals surface area contributed by atoms with E-state index >= 15 is 0 Å². The second kappa shape index (κ2) is 8.28. The van der Waals surface area contributed by atoms with Crippen molar-refractivity contribution in [1.29, 1.82) is 0 Å². The molecule has 0 aliphatic heterocycles. The maximum absolute atomic E-state index is 4.97. The largest absolute Gasteiger partial charge is 0.385 e. The number of hydrogen-bond acceptors (Lipinski definition) is 1. The third-order valence-corrected chi connectivity index (χ3v) is 1.58. The van der Waals surface area contributed by atoms with Gasteiger partial charge in [-0.2, -0.15) is 0 Å². The number of hydrogen-bond donors (Lipinski definition) is 0. The van der Waals surface area contributed by atoms with E-state index in [2.05, 4.69) is 19.6 Å². The van der Waals surface area contributed by atoms with Crippen LogP contribution in [-0.4, -0.2) is 13.7 Å². The normalized spacial score (nSPS) is 14.2. The lowest BCUT2D eigenvalue weighted by molar-refractivity contribution is 0.186. The second-order valence-corrected chi connectivity index (χ2v) is 2.76. The van der Waals surface area contributed by atoms with E-state index in [1.165, 1.54) is 0 Å². The maximum atomic E-state index is 4.97. The maximum Gasteiger partial charge on any atom is 0.0467 e. The molecule has 0 radical (unpaired) electrons. The van der Waals surface area contributed by atoms with Gasteiger partial charge in [0.2, 0.25) is 0 Å². The quantitative estimate of drug-likeness (QED) is 0.551. The van der Waals surface area contributed by atoms with Crippen LogP contribution < -0.4 is 0 Å². The number of rotatable bonds is 6. The monoisotopic (exact) mass is 166 g/mol. The minimum atomic E-state index is 0.583. The molecule has 0 aromatic carbocycles. The first-order valence-electron chi connectivity index (χ1n) is 4.26. The molecule has 0 rings (SSSR count). The smallest absolute Gasteiger partial charge is 0.0467 e.